The minimum atomic E-state index is -3.69. The lowest BCUT2D eigenvalue weighted by Crippen LogP contribution is -2.14. The van der Waals surface area contributed by atoms with Gasteiger partial charge in [0.2, 0.25) is 0 Å². The molecule has 0 unspecified atom stereocenters. The largest absolute Gasteiger partial charge is 0.399 e. The molecule has 0 spiro atoms. The van der Waals surface area contributed by atoms with Gasteiger partial charge in [0.15, 0.2) is 10.7 Å². The van der Waals surface area contributed by atoms with Crippen molar-refractivity contribution < 1.29 is 12.9 Å². The topological polar surface area (TPSA) is 98.2 Å². The third-order valence-corrected chi connectivity index (χ3v) is 4.02. The second-order valence-corrected chi connectivity index (χ2v) is 5.50. The summed E-state index contributed by atoms with van der Waals surface area (Å²) in [6.07, 6.45) is 0. The summed E-state index contributed by atoms with van der Waals surface area (Å²) in [5, 5.41) is 3.62. The number of nitrogens with zero attached hydrogens (tertiary/aromatic N) is 1. The van der Waals surface area contributed by atoms with Gasteiger partial charge >= 0.3 is 0 Å². The highest BCUT2D eigenvalue weighted by atomic mass is 32.2. The van der Waals surface area contributed by atoms with Crippen LogP contribution in [0, 0.1) is 13.8 Å². The molecule has 0 saturated heterocycles. The van der Waals surface area contributed by atoms with Crippen LogP contribution in [0.5, 0.6) is 0 Å². The third-order valence-electron chi connectivity index (χ3n) is 2.40. The van der Waals surface area contributed by atoms with Crippen molar-refractivity contribution in [3.05, 3.63) is 35.7 Å². The van der Waals surface area contributed by atoms with Gasteiger partial charge < -0.3 is 10.3 Å². The number of nitrogens with two attached hydrogens (primary N) is 1. The number of benzene rings is 1. The molecule has 2 rings (SSSR count). The summed E-state index contributed by atoms with van der Waals surface area (Å²) in [5.41, 5.74) is 6.86. The van der Waals surface area contributed by atoms with E-state index >= 15 is 0 Å². The number of hydrogen-bond acceptors (Lipinski definition) is 5. The molecule has 1 aromatic carbocycles. The van der Waals surface area contributed by atoms with Gasteiger partial charge in [-0.2, -0.15) is 0 Å². The van der Waals surface area contributed by atoms with Crippen molar-refractivity contribution in [1.29, 1.82) is 0 Å². The van der Waals surface area contributed by atoms with E-state index in [-0.39, 0.29) is 10.7 Å². The number of hydrogen-bond donors (Lipinski definition) is 2. The fourth-order valence-electron chi connectivity index (χ4n) is 1.62. The standard InChI is InChI=1S/C11H13N3O3S/c1-7-11(8(2)17-13-7)18(15,16)14-10-5-3-9(12)4-6-10/h3-6,14H,12H2,1-2H3. The van der Waals surface area contributed by atoms with E-state index < -0.39 is 10.0 Å². The van der Waals surface area contributed by atoms with Gasteiger partial charge in [-0.3, -0.25) is 4.72 Å². The molecular weight excluding hydrogens is 254 g/mol. The van der Waals surface area contributed by atoms with E-state index in [9.17, 15) is 8.42 Å². The highest BCUT2D eigenvalue weighted by Crippen LogP contribution is 2.22. The van der Waals surface area contributed by atoms with E-state index in [4.69, 9.17) is 10.3 Å². The fraction of sp³-hybridized carbons (Fsp3) is 0.182. The van der Waals surface area contributed by atoms with Crippen LogP contribution in [0.2, 0.25) is 0 Å². The smallest absolute Gasteiger partial charge is 0.267 e. The first kappa shape index (κ1) is 12.4. The van der Waals surface area contributed by atoms with Crippen LogP contribution >= 0.6 is 0 Å². The number of nitrogen functional groups attached to an aromatic ring is 1. The van der Waals surface area contributed by atoms with Gasteiger partial charge in [-0.05, 0) is 38.1 Å². The van der Waals surface area contributed by atoms with Crippen LogP contribution in [0.25, 0.3) is 0 Å². The maximum atomic E-state index is 12.1. The number of anilines is 2. The second kappa shape index (κ2) is 4.34. The highest BCUT2D eigenvalue weighted by molar-refractivity contribution is 7.92. The zero-order chi connectivity index (χ0) is 13.3. The average molecular weight is 267 g/mol. The normalized spacial score (nSPS) is 11.4. The third kappa shape index (κ3) is 2.30. The van der Waals surface area contributed by atoms with E-state index in [0.717, 1.165) is 0 Å². The fourth-order valence-corrected chi connectivity index (χ4v) is 3.01. The molecule has 7 heteroatoms. The van der Waals surface area contributed by atoms with Gasteiger partial charge in [0.25, 0.3) is 10.0 Å². The van der Waals surface area contributed by atoms with Crippen molar-refractivity contribution in [2.75, 3.05) is 10.5 Å². The van der Waals surface area contributed by atoms with Crippen molar-refractivity contribution in [2.24, 2.45) is 0 Å². The molecule has 0 radical (unpaired) electrons. The van der Waals surface area contributed by atoms with Crippen LogP contribution in [0.1, 0.15) is 11.5 Å². The summed E-state index contributed by atoms with van der Waals surface area (Å²) in [7, 11) is -3.69. The molecule has 0 bridgehead atoms. The molecule has 0 aliphatic rings. The minimum Gasteiger partial charge on any atom is -0.399 e. The van der Waals surface area contributed by atoms with E-state index in [1.807, 2.05) is 0 Å². The molecule has 3 N–H and O–H groups in total. The Kier molecular flexibility index (Phi) is 3.00. The molecule has 96 valence electrons. The molecule has 0 amide bonds. The lowest BCUT2D eigenvalue weighted by atomic mass is 10.3. The lowest BCUT2D eigenvalue weighted by molar-refractivity contribution is 0.390. The quantitative estimate of drug-likeness (QED) is 0.824. The first-order valence-electron chi connectivity index (χ1n) is 5.21. The van der Waals surface area contributed by atoms with E-state index in [1.54, 1.807) is 38.1 Å². The molecule has 1 heterocycles. The van der Waals surface area contributed by atoms with Crippen molar-refractivity contribution in [1.82, 2.24) is 5.16 Å². The monoisotopic (exact) mass is 267 g/mol. The second-order valence-electron chi connectivity index (χ2n) is 3.88. The Morgan fingerprint density at radius 1 is 1.22 bits per heavy atom. The minimum absolute atomic E-state index is 0.0688. The Labute approximate surface area is 105 Å². The van der Waals surface area contributed by atoms with Crippen LogP contribution < -0.4 is 10.5 Å². The van der Waals surface area contributed by atoms with Crippen molar-refractivity contribution in [3.8, 4) is 0 Å². The van der Waals surface area contributed by atoms with Crippen LogP contribution in [0.3, 0.4) is 0 Å². The van der Waals surface area contributed by atoms with Crippen LogP contribution in [0.4, 0.5) is 11.4 Å². The maximum absolute atomic E-state index is 12.1. The summed E-state index contributed by atoms with van der Waals surface area (Å²) < 4.78 is 31.6. The van der Waals surface area contributed by atoms with Crippen molar-refractivity contribution in [3.63, 3.8) is 0 Å². The first-order chi connectivity index (χ1) is 8.40. The predicted molar refractivity (Wildman–Crippen MR) is 67.6 cm³/mol. The Bertz CT molecular complexity index is 640. The number of sulfonamides is 1. The van der Waals surface area contributed by atoms with Gasteiger partial charge in [0.1, 0.15) is 5.69 Å². The van der Waals surface area contributed by atoms with E-state index in [1.165, 1.54) is 0 Å². The maximum Gasteiger partial charge on any atom is 0.267 e. The average Bonchev–Trinajstić information content (AvgIpc) is 2.62. The van der Waals surface area contributed by atoms with Gasteiger partial charge in [-0.1, -0.05) is 5.16 Å². The Morgan fingerprint density at radius 2 is 1.83 bits per heavy atom. The molecule has 18 heavy (non-hydrogen) atoms. The first-order valence-corrected chi connectivity index (χ1v) is 6.70. The molecule has 1 aromatic heterocycles. The molecule has 0 fully saturated rings. The summed E-state index contributed by atoms with van der Waals surface area (Å²) in [4.78, 5) is 0.0688. The summed E-state index contributed by atoms with van der Waals surface area (Å²) >= 11 is 0. The number of rotatable bonds is 3. The Hall–Kier alpha value is -2.02. The molecular formula is C11H13N3O3S. The number of nitrogens with one attached hydrogen (secondary N) is 1. The van der Waals surface area contributed by atoms with Gasteiger partial charge in [-0.25, -0.2) is 8.42 Å². The van der Waals surface area contributed by atoms with Crippen LogP contribution in [-0.2, 0) is 10.0 Å². The molecule has 0 saturated carbocycles. The van der Waals surface area contributed by atoms with E-state index in [0.29, 0.717) is 17.1 Å². The predicted octanol–water partition coefficient (Wildman–Crippen LogP) is 1.67. The van der Waals surface area contributed by atoms with Gasteiger partial charge in [0.05, 0.1) is 0 Å². The SMILES string of the molecule is Cc1noc(C)c1S(=O)(=O)Nc1ccc(N)cc1. The van der Waals surface area contributed by atoms with E-state index in [2.05, 4.69) is 9.88 Å². The zero-order valence-electron chi connectivity index (χ0n) is 9.97. The van der Waals surface area contributed by atoms with Crippen molar-refractivity contribution in [2.45, 2.75) is 18.7 Å². The van der Waals surface area contributed by atoms with Crippen LogP contribution in [-0.4, -0.2) is 13.6 Å². The summed E-state index contributed by atoms with van der Waals surface area (Å²) in [6, 6.07) is 6.41. The number of aromatic nitrogens is 1. The Balaban J connectivity index is 2.36. The molecule has 0 aliphatic carbocycles. The van der Waals surface area contributed by atoms with Crippen LogP contribution in [0.15, 0.2) is 33.7 Å². The number of aryl methyl sites for hydroxylation is 2. The lowest BCUT2D eigenvalue weighted by Gasteiger charge is -2.07. The summed E-state index contributed by atoms with van der Waals surface area (Å²) in [6.45, 7) is 3.13. The molecule has 0 aliphatic heterocycles. The van der Waals surface area contributed by atoms with Crippen molar-refractivity contribution >= 4 is 21.4 Å². The Morgan fingerprint density at radius 3 is 2.33 bits per heavy atom. The molecule has 6 nitrogen and oxygen atoms in total. The highest BCUT2D eigenvalue weighted by Gasteiger charge is 2.24. The molecule has 0 atom stereocenters. The molecule has 2 aromatic rings. The zero-order valence-corrected chi connectivity index (χ0v) is 10.8. The van der Waals surface area contributed by atoms with Gasteiger partial charge in [0, 0.05) is 11.4 Å². The van der Waals surface area contributed by atoms with Gasteiger partial charge in [-0.15, -0.1) is 0 Å². The summed E-state index contributed by atoms with van der Waals surface area (Å²) in [5.74, 6) is 0.260.